The maximum atomic E-state index is 3.44. The van der Waals surface area contributed by atoms with Crippen molar-refractivity contribution in [2.45, 2.75) is 53.5 Å². The van der Waals surface area contributed by atoms with E-state index in [2.05, 4.69) is 58.8 Å². The van der Waals surface area contributed by atoms with Gasteiger partial charge in [-0.2, -0.15) is 0 Å². The number of hydrogen-bond acceptors (Lipinski definition) is 2. The molecule has 2 nitrogen and oxygen atoms in total. The van der Waals surface area contributed by atoms with Gasteiger partial charge < -0.3 is 10.2 Å². The fourth-order valence-electron chi connectivity index (χ4n) is 1.65. The first-order chi connectivity index (χ1) is 6.75. The van der Waals surface area contributed by atoms with Crippen LogP contribution in [-0.2, 0) is 0 Å². The predicted molar refractivity (Wildman–Crippen MR) is 69.3 cm³/mol. The Balaban J connectivity index is 4.20. The van der Waals surface area contributed by atoms with Crippen LogP contribution in [0.2, 0.25) is 0 Å². The molecule has 0 aromatic carbocycles. The van der Waals surface area contributed by atoms with Gasteiger partial charge in [-0.3, -0.25) is 0 Å². The fraction of sp³-hybridized carbons (Fsp3) is 1.00. The highest BCUT2D eigenvalue weighted by molar-refractivity contribution is 4.83. The van der Waals surface area contributed by atoms with E-state index in [9.17, 15) is 0 Å². The van der Waals surface area contributed by atoms with Crippen molar-refractivity contribution in [3.05, 3.63) is 0 Å². The summed E-state index contributed by atoms with van der Waals surface area (Å²) in [5.74, 6) is 0. The molecule has 0 fully saturated rings. The lowest BCUT2D eigenvalue weighted by molar-refractivity contribution is 0.0976. The summed E-state index contributed by atoms with van der Waals surface area (Å²) in [6.45, 7) is 17.0. The van der Waals surface area contributed by atoms with Crippen LogP contribution in [0.25, 0.3) is 0 Å². The second-order valence-corrected chi connectivity index (χ2v) is 5.97. The average Bonchev–Trinajstić information content (AvgIpc) is 2.14. The van der Waals surface area contributed by atoms with Gasteiger partial charge in [-0.05, 0) is 39.3 Å². The molecule has 15 heavy (non-hydrogen) atoms. The van der Waals surface area contributed by atoms with E-state index in [1.54, 1.807) is 0 Å². The third-order valence-electron chi connectivity index (χ3n) is 3.42. The second kappa shape index (κ2) is 5.86. The van der Waals surface area contributed by atoms with Crippen molar-refractivity contribution in [1.29, 1.82) is 0 Å². The molecular formula is C13H30N2. The first kappa shape index (κ1) is 14.9. The van der Waals surface area contributed by atoms with Gasteiger partial charge in [-0.25, -0.2) is 0 Å². The van der Waals surface area contributed by atoms with E-state index in [4.69, 9.17) is 0 Å². The van der Waals surface area contributed by atoms with Crippen molar-refractivity contribution >= 4 is 0 Å². The number of hydrogen-bond donors (Lipinski definition) is 1. The summed E-state index contributed by atoms with van der Waals surface area (Å²) in [7, 11) is 2.23. The molecule has 0 spiro atoms. The molecular weight excluding hydrogens is 184 g/mol. The van der Waals surface area contributed by atoms with Crippen molar-refractivity contribution in [3.8, 4) is 0 Å². The molecule has 92 valence electrons. The molecule has 0 radical (unpaired) electrons. The van der Waals surface area contributed by atoms with Gasteiger partial charge in [0.25, 0.3) is 0 Å². The highest BCUT2D eigenvalue weighted by Gasteiger charge is 2.27. The lowest BCUT2D eigenvalue weighted by Gasteiger charge is -2.40. The summed E-state index contributed by atoms with van der Waals surface area (Å²) in [5, 5.41) is 3.44. The Morgan fingerprint density at radius 1 is 1.07 bits per heavy atom. The Morgan fingerprint density at radius 3 is 2.00 bits per heavy atom. The quantitative estimate of drug-likeness (QED) is 0.701. The van der Waals surface area contributed by atoms with Gasteiger partial charge in [0.2, 0.25) is 0 Å². The van der Waals surface area contributed by atoms with Crippen LogP contribution >= 0.6 is 0 Å². The van der Waals surface area contributed by atoms with Crippen molar-refractivity contribution < 1.29 is 0 Å². The molecule has 2 heteroatoms. The van der Waals surface area contributed by atoms with E-state index < -0.39 is 0 Å². The molecule has 0 saturated heterocycles. The minimum absolute atomic E-state index is 0.309. The Labute approximate surface area is 96.4 Å². The summed E-state index contributed by atoms with van der Waals surface area (Å²) < 4.78 is 0. The topological polar surface area (TPSA) is 15.3 Å². The lowest BCUT2D eigenvalue weighted by Crippen LogP contribution is -2.47. The Bertz CT molecular complexity index is 173. The molecule has 0 aliphatic carbocycles. The Kier molecular flexibility index (Phi) is 5.82. The SMILES string of the molecule is CCNCC(C)(C)CN(C)C(C)(C)CC. The molecule has 1 N–H and O–H groups in total. The summed E-state index contributed by atoms with van der Waals surface area (Å²) in [4.78, 5) is 2.48. The van der Waals surface area contributed by atoms with Gasteiger partial charge >= 0.3 is 0 Å². The smallest absolute Gasteiger partial charge is 0.0147 e. The lowest BCUT2D eigenvalue weighted by atomic mass is 9.89. The molecule has 0 heterocycles. The molecule has 0 saturated carbocycles. The fourth-order valence-corrected chi connectivity index (χ4v) is 1.65. The van der Waals surface area contributed by atoms with Gasteiger partial charge in [-0.15, -0.1) is 0 Å². The minimum atomic E-state index is 0.309. The predicted octanol–water partition coefficient (Wildman–Crippen LogP) is 2.74. The minimum Gasteiger partial charge on any atom is -0.316 e. The number of nitrogens with one attached hydrogen (secondary N) is 1. The largest absolute Gasteiger partial charge is 0.316 e. The monoisotopic (exact) mass is 214 g/mol. The normalized spacial score (nSPS) is 13.6. The van der Waals surface area contributed by atoms with Gasteiger partial charge in [0.1, 0.15) is 0 Å². The number of rotatable bonds is 7. The zero-order valence-corrected chi connectivity index (χ0v) is 11.8. The van der Waals surface area contributed by atoms with Crippen molar-refractivity contribution in [1.82, 2.24) is 10.2 Å². The van der Waals surface area contributed by atoms with E-state index in [0.717, 1.165) is 19.6 Å². The van der Waals surface area contributed by atoms with Crippen LogP contribution in [0.1, 0.15) is 48.0 Å². The van der Waals surface area contributed by atoms with Crippen molar-refractivity contribution in [2.75, 3.05) is 26.7 Å². The third kappa shape index (κ3) is 5.53. The molecule has 0 aliphatic heterocycles. The van der Waals surface area contributed by atoms with E-state index >= 15 is 0 Å². The van der Waals surface area contributed by atoms with Crippen LogP contribution in [-0.4, -0.2) is 37.1 Å². The number of nitrogens with zero attached hydrogens (tertiary/aromatic N) is 1. The van der Waals surface area contributed by atoms with Crippen molar-refractivity contribution in [2.24, 2.45) is 5.41 Å². The summed E-state index contributed by atoms with van der Waals surface area (Å²) >= 11 is 0. The Morgan fingerprint density at radius 2 is 1.60 bits per heavy atom. The Hall–Kier alpha value is -0.0800. The van der Waals surface area contributed by atoms with E-state index in [1.807, 2.05) is 0 Å². The van der Waals surface area contributed by atoms with Crippen molar-refractivity contribution in [3.63, 3.8) is 0 Å². The molecule has 0 rings (SSSR count). The van der Waals surface area contributed by atoms with Gasteiger partial charge in [0.15, 0.2) is 0 Å². The molecule has 0 aromatic heterocycles. The third-order valence-corrected chi connectivity index (χ3v) is 3.42. The van der Waals surface area contributed by atoms with E-state index in [0.29, 0.717) is 11.0 Å². The van der Waals surface area contributed by atoms with Crippen LogP contribution in [0.4, 0.5) is 0 Å². The van der Waals surface area contributed by atoms with Crippen LogP contribution < -0.4 is 5.32 Å². The summed E-state index contributed by atoms with van der Waals surface area (Å²) in [6.07, 6.45) is 1.20. The maximum Gasteiger partial charge on any atom is 0.0147 e. The molecule has 0 atom stereocenters. The van der Waals surface area contributed by atoms with Gasteiger partial charge in [0.05, 0.1) is 0 Å². The van der Waals surface area contributed by atoms with E-state index in [1.165, 1.54) is 6.42 Å². The molecule has 0 aromatic rings. The summed E-state index contributed by atoms with van der Waals surface area (Å²) in [5.41, 5.74) is 0.653. The van der Waals surface area contributed by atoms with Crippen LogP contribution in [0.5, 0.6) is 0 Å². The van der Waals surface area contributed by atoms with Crippen LogP contribution in [0.15, 0.2) is 0 Å². The molecule has 0 aliphatic rings. The second-order valence-electron chi connectivity index (χ2n) is 5.97. The standard InChI is InChI=1S/C13H30N2/c1-8-13(5,6)15(7)11-12(3,4)10-14-9-2/h14H,8-11H2,1-7H3. The van der Waals surface area contributed by atoms with Gasteiger partial charge in [0, 0.05) is 18.6 Å². The average molecular weight is 214 g/mol. The molecule has 0 amide bonds. The van der Waals surface area contributed by atoms with Crippen LogP contribution in [0, 0.1) is 5.41 Å². The summed E-state index contributed by atoms with van der Waals surface area (Å²) in [6, 6.07) is 0. The highest BCUT2D eigenvalue weighted by Crippen LogP contribution is 2.23. The molecule has 0 bridgehead atoms. The maximum absolute atomic E-state index is 3.44. The zero-order valence-electron chi connectivity index (χ0n) is 11.8. The molecule has 0 unspecified atom stereocenters. The zero-order chi connectivity index (χ0) is 12.1. The van der Waals surface area contributed by atoms with Gasteiger partial charge in [-0.1, -0.05) is 27.7 Å². The first-order valence-electron chi connectivity index (χ1n) is 6.17. The van der Waals surface area contributed by atoms with Crippen LogP contribution in [0.3, 0.4) is 0 Å². The highest BCUT2D eigenvalue weighted by atomic mass is 15.2. The first-order valence-corrected chi connectivity index (χ1v) is 6.17. The van der Waals surface area contributed by atoms with E-state index in [-0.39, 0.29) is 0 Å².